The van der Waals surface area contributed by atoms with Crippen LogP contribution in [0.15, 0.2) is 24.3 Å². The number of hydrogen-bond donors (Lipinski definition) is 2. The second-order valence-corrected chi connectivity index (χ2v) is 4.51. The Hall–Kier alpha value is -1.20. The molecule has 1 aromatic carbocycles. The third-order valence-electron chi connectivity index (χ3n) is 2.87. The Kier molecular flexibility index (Phi) is 3.91. The number of aliphatic hydroxyl groups excluding tert-OH is 1. The number of thiocarbonyl (C=S) groups is 1. The van der Waals surface area contributed by atoms with Crippen LogP contribution in [0.2, 0.25) is 0 Å². The molecule has 2 N–H and O–H groups in total. The zero-order chi connectivity index (χ0) is 12.3. The minimum absolute atomic E-state index is 0.234. The van der Waals surface area contributed by atoms with Crippen LogP contribution in [0.3, 0.4) is 0 Å². The Labute approximate surface area is 105 Å². The van der Waals surface area contributed by atoms with Crippen molar-refractivity contribution in [1.29, 1.82) is 0 Å². The highest BCUT2D eigenvalue weighted by Gasteiger charge is 2.19. The highest BCUT2D eigenvalue weighted by Crippen LogP contribution is 2.15. The number of rotatable bonds is 1. The van der Waals surface area contributed by atoms with Crippen LogP contribution in [0.4, 0.5) is 10.1 Å². The summed E-state index contributed by atoms with van der Waals surface area (Å²) in [5, 5.41) is 12.8. The summed E-state index contributed by atoms with van der Waals surface area (Å²) in [5.74, 6) is -0.313. The molecule has 5 heteroatoms. The Morgan fingerprint density at radius 2 is 2.00 bits per heavy atom. The van der Waals surface area contributed by atoms with Crippen molar-refractivity contribution in [3.05, 3.63) is 30.1 Å². The smallest absolute Gasteiger partial charge is 0.173 e. The highest BCUT2D eigenvalue weighted by atomic mass is 32.1. The van der Waals surface area contributed by atoms with Gasteiger partial charge in [-0.15, -0.1) is 0 Å². The van der Waals surface area contributed by atoms with Gasteiger partial charge in [0.15, 0.2) is 5.11 Å². The molecule has 0 spiro atoms. The second-order valence-electron chi connectivity index (χ2n) is 4.13. The van der Waals surface area contributed by atoms with Crippen molar-refractivity contribution >= 4 is 23.0 Å². The van der Waals surface area contributed by atoms with Crippen LogP contribution in [-0.4, -0.2) is 34.3 Å². The molecule has 17 heavy (non-hydrogen) atoms. The molecule has 1 saturated heterocycles. The molecule has 1 aliphatic heterocycles. The fourth-order valence-corrected chi connectivity index (χ4v) is 2.12. The van der Waals surface area contributed by atoms with E-state index in [9.17, 15) is 9.50 Å². The van der Waals surface area contributed by atoms with Crippen molar-refractivity contribution in [3.63, 3.8) is 0 Å². The van der Waals surface area contributed by atoms with Gasteiger partial charge in [0.05, 0.1) is 11.8 Å². The van der Waals surface area contributed by atoms with Gasteiger partial charge in [-0.1, -0.05) is 12.1 Å². The standard InChI is InChI=1S/C12H15FN2OS/c13-10-3-1-2-4-11(10)14-12(17)15-7-5-9(16)6-8-15/h1-4,9,16H,5-8H2,(H,14,17). The Morgan fingerprint density at radius 3 is 2.65 bits per heavy atom. The van der Waals surface area contributed by atoms with Gasteiger partial charge in [-0.3, -0.25) is 0 Å². The average molecular weight is 254 g/mol. The summed E-state index contributed by atoms with van der Waals surface area (Å²) in [6.07, 6.45) is 1.18. The predicted molar refractivity (Wildman–Crippen MR) is 69.4 cm³/mol. The molecular weight excluding hydrogens is 239 g/mol. The van der Waals surface area contributed by atoms with E-state index >= 15 is 0 Å². The van der Waals surface area contributed by atoms with Gasteiger partial charge >= 0.3 is 0 Å². The Morgan fingerprint density at radius 1 is 1.35 bits per heavy atom. The molecule has 1 aromatic rings. The molecule has 0 aromatic heterocycles. The molecule has 0 saturated carbocycles. The van der Waals surface area contributed by atoms with Crippen molar-refractivity contribution in [1.82, 2.24) is 4.90 Å². The molecule has 3 nitrogen and oxygen atoms in total. The molecule has 0 atom stereocenters. The first kappa shape index (κ1) is 12.3. The summed E-state index contributed by atoms with van der Waals surface area (Å²) >= 11 is 5.22. The third-order valence-corrected chi connectivity index (χ3v) is 3.23. The average Bonchev–Trinajstić information content (AvgIpc) is 2.33. The molecule has 0 aliphatic carbocycles. The van der Waals surface area contributed by atoms with Crippen LogP contribution in [0.5, 0.6) is 0 Å². The zero-order valence-electron chi connectivity index (χ0n) is 9.40. The molecular formula is C12H15FN2OS. The Balaban J connectivity index is 1.95. The molecule has 0 unspecified atom stereocenters. The number of nitrogens with zero attached hydrogens (tertiary/aromatic N) is 1. The van der Waals surface area contributed by atoms with Crippen LogP contribution in [0.25, 0.3) is 0 Å². The first-order valence-electron chi connectivity index (χ1n) is 5.65. The maximum Gasteiger partial charge on any atom is 0.173 e. The van der Waals surface area contributed by atoms with Crippen molar-refractivity contribution < 1.29 is 9.50 Å². The number of aliphatic hydroxyl groups is 1. The quantitative estimate of drug-likeness (QED) is 0.751. The molecule has 0 bridgehead atoms. The summed E-state index contributed by atoms with van der Waals surface area (Å²) in [6.45, 7) is 1.42. The number of halogens is 1. The van der Waals surface area contributed by atoms with Gasteiger partial charge in [0.1, 0.15) is 5.82 Å². The second kappa shape index (κ2) is 5.42. The van der Waals surface area contributed by atoms with Gasteiger partial charge in [-0.2, -0.15) is 0 Å². The number of anilines is 1. The number of likely N-dealkylation sites (tertiary alicyclic amines) is 1. The van der Waals surface area contributed by atoms with Gasteiger partial charge in [0.2, 0.25) is 0 Å². The van der Waals surface area contributed by atoms with Crippen molar-refractivity contribution in [3.8, 4) is 0 Å². The SMILES string of the molecule is OC1CCN(C(=S)Nc2ccccc2F)CC1. The molecule has 1 heterocycles. The van der Waals surface area contributed by atoms with Gasteiger partial charge in [0, 0.05) is 13.1 Å². The number of para-hydroxylation sites is 1. The minimum Gasteiger partial charge on any atom is -0.393 e. The van der Waals surface area contributed by atoms with E-state index in [-0.39, 0.29) is 11.9 Å². The first-order valence-corrected chi connectivity index (χ1v) is 6.06. The van der Waals surface area contributed by atoms with Crippen LogP contribution < -0.4 is 5.32 Å². The van der Waals surface area contributed by atoms with Crippen LogP contribution in [-0.2, 0) is 0 Å². The van der Waals surface area contributed by atoms with E-state index in [1.54, 1.807) is 18.2 Å². The lowest BCUT2D eigenvalue weighted by atomic mass is 10.1. The van der Waals surface area contributed by atoms with Crippen LogP contribution in [0, 0.1) is 5.82 Å². The van der Waals surface area contributed by atoms with Crippen molar-refractivity contribution in [2.45, 2.75) is 18.9 Å². The van der Waals surface area contributed by atoms with Crippen LogP contribution >= 0.6 is 12.2 Å². The summed E-state index contributed by atoms with van der Waals surface area (Å²) in [7, 11) is 0. The lowest BCUT2D eigenvalue weighted by Crippen LogP contribution is -2.42. The van der Waals surface area contributed by atoms with Gasteiger partial charge in [-0.05, 0) is 37.2 Å². The van der Waals surface area contributed by atoms with Gasteiger partial charge < -0.3 is 15.3 Å². The Bertz CT molecular complexity index is 405. The van der Waals surface area contributed by atoms with E-state index < -0.39 is 0 Å². The zero-order valence-corrected chi connectivity index (χ0v) is 10.2. The lowest BCUT2D eigenvalue weighted by Gasteiger charge is -2.31. The lowest BCUT2D eigenvalue weighted by molar-refractivity contribution is 0.110. The fraction of sp³-hybridized carbons (Fsp3) is 0.417. The fourth-order valence-electron chi connectivity index (χ4n) is 1.83. The maximum absolute atomic E-state index is 13.4. The molecule has 2 rings (SSSR count). The molecule has 0 radical (unpaired) electrons. The number of benzene rings is 1. The van der Waals surface area contributed by atoms with Crippen molar-refractivity contribution in [2.24, 2.45) is 0 Å². The predicted octanol–water partition coefficient (Wildman–Crippen LogP) is 1.98. The molecule has 0 amide bonds. The summed E-state index contributed by atoms with van der Waals surface area (Å²) in [4.78, 5) is 1.95. The highest BCUT2D eigenvalue weighted by molar-refractivity contribution is 7.80. The maximum atomic E-state index is 13.4. The van der Waals surface area contributed by atoms with E-state index in [0.29, 0.717) is 36.7 Å². The topological polar surface area (TPSA) is 35.5 Å². The summed E-state index contributed by atoms with van der Waals surface area (Å²) < 4.78 is 13.4. The minimum atomic E-state index is -0.313. The van der Waals surface area contributed by atoms with E-state index in [4.69, 9.17) is 12.2 Å². The largest absolute Gasteiger partial charge is 0.393 e. The van der Waals surface area contributed by atoms with Crippen molar-refractivity contribution in [2.75, 3.05) is 18.4 Å². The number of hydrogen-bond acceptors (Lipinski definition) is 2. The van der Waals surface area contributed by atoms with Crippen LogP contribution in [0.1, 0.15) is 12.8 Å². The monoisotopic (exact) mass is 254 g/mol. The normalized spacial score (nSPS) is 16.9. The third kappa shape index (κ3) is 3.14. The summed E-state index contributed by atoms with van der Waals surface area (Å²) in [6, 6.07) is 6.44. The molecule has 1 aliphatic rings. The van der Waals surface area contributed by atoms with E-state index in [2.05, 4.69) is 5.32 Å². The summed E-state index contributed by atoms with van der Waals surface area (Å²) in [5.41, 5.74) is 0.392. The van der Waals surface area contributed by atoms with E-state index in [0.717, 1.165) is 0 Å². The van der Waals surface area contributed by atoms with Gasteiger partial charge in [0.25, 0.3) is 0 Å². The molecule has 1 fully saturated rings. The van der Waals surface area contributed by atoms with E-state index in [1.165, 1.54) is 6.07 Å². The van der Waals surface area contributed by atoms with E-state index in [1.807, 2.05) is 4.90 Å². The number of piperidine rings is 1. The first-order chi connectivity index (χ1) is 8.16. The number of nitrogens with one attached hydrogen (secondary N) is 1. The molecule has 92 valence electrons. The van der Waals surface area contributed by atoms with Gasteiger partial charge in [-0.25, -0.2) is 4.39 Å².